The molecule has 0 unspecified atom stereocenters. The van der Waals surface area contributed by atoms with Gasteiger partial charge in [-0.05, 0) is 41.5 Å². The average molecular weight is 438 g/mol. The highest BCUT2D eigenvalue weighted by Gasteiger charge is 2.25. The molecular weight excluding hydrogens is 420 g/mol. The zero-order valence-electron chi connectivity index (χ0n) is 18.9. The maximum atomic E-state index is 4.90. The molecule has 7 rings (SSSR count). The number of hydrogen-bond donors (Lipinski definition) is 0. The van der Waals surface area contributed by atoms with Crippen LogP contribution in [0.5, 0.6) is 0 Å². The van der Waals surface area contributed by atoms with Crippen LogP contribution in [-0.2, 0) is 0 Å². The van der Waals surface area contributed by atoms with Crippen LogP contribution in [0.3, 0.4) is 0 Å². The third-order valence-electron chi connectivity index (χ3n) is 5.94. The fourth-order valence-corrected chi connectivity index (χ4v) is 4.84. The minimum atomic E-state index is 0.591. The van der Waals surface area contributed by atoms with Gasteiger partial charge in [0.25, 0.3) is 0 Å². The van der Waals surface area contributed by atoms with Gasteiger partial charge in [-0.1, -0.05) is 0 Å². The predicted molar refractivity (Wildman–Crippen MR) is 120 cm³/mol. The first kappa shape index (κ1) is 18.2. The van der Waals surface area contributed by atoms with Crippen molar-refractivity contribution in [1.82, 2.24) is 58.1 Å². The zero-order valence-corrected chi connectivity index (χ0v) is 18.9. The van der Waals surface area contributed by atoms with Gasteiger partial charge in [-0.2, -0.15) is 15.0 Å². The summed E-state index contributed by atoms with van der Waals surface area (Å²) in [5.74, 6) is 3.83. The highest BCUT2D eigenvalue weighted by atomic mass is 15.3. The fourth-order valence-electron chi connectivity index (χ4n) is 4.84. The summed E-state index contributed by atoms with van der Waals surface area (Å²) in [7, 11) is 0. The molecule has 0 aliphatic heterocycles. The molecule has 7 heterocycles. The van der Waals surface area contributed by atoms with Crippen molar-refractivity contribution in [3.05, 3.63) is 34.6 Å². The monoisotopic (exact) mass is 438 g/mol. The van der Waals surface area contributed by atoms with E-state index in [0.717, 1.165) is 33.6 Å². The predicted octanol–water partition coefficient (Wildman–Crippen LogP) is 2.31. The van der Waals surface area contributed by atoms with Gasteiger partial charge in [-0.3, -0.25) is 0 Å². The normalized spacial score (nSPS) is 12.5. The lowest BCUT2D eigenvalue weighted by atomic mass is 10.4. The van der Waals surface area contributed by atoms with Gasteiger partial charge in [0, 0.05) is 0 Å². The number of aromatic nitrogens is 12. The Morgan fingerprint density at radius 2 is 0.636 bits per heavy atom. The van der Waals surface area contributed by atoms with Crippen LogP contribution < -0.4 is 0 Å². The molecule has 7 aromatic heterocycles. The molecule has 0 saturated heterocycles. The molecule has 12 heteroatoms. The van der Waals surface area contributed by atoms with E-state index >= 15 is 0 Å². The molecule has 0 aromatic carbocycles. The molecule has 0 saturated carbocycles. The van der Waals surface area contributed by atoms with Crippen molar-refractivity contribution in [2.45, 2.75) is 41.5 Å². The van der Waals surface area contributed by atoms with Crippen LogP contribution >= 0.6 is 0 Å². The lowest BCUT2D eigenvalue weighted by Gasteiger charge is -2.07. The molecule has 7 aromatic rings. The summed E-state index contributed by atoms with van der Waals surface area (Å²) in [6, 6.07) is 0. The minimum absolute atomic E-state index is 0.591. The third-order valence-corrected chi connectivity index (χ3v) is 5.94. The van der Waals surface area contributed by atoms with E-state index in [9.17, 15) is 0 Å². The number of aryl methyl sites for hydroxylation is 6. The number of fused-ring (bicyclic) bond motifs is 12. The highest BCUT2D eigenvalue weighted by molar-refractivity contribution is 5.90. The molecule has 0 aliphatic rings. The topological polar surface area (TPSA) is 129 Å². The summed E-state index contributed by atoms with van der Waals surface area (Å²) in [6.07, 6.45) is 0. The number of nitrogens with zero attached hydrogens (tertiary/aromatic N) is 12. The van der Waals surface area contributed by atoms with Gasteiger partial charge in [0.1, 0.15) is 34.0 Å². The van der Waals surface area contributed by atoms with E-state index in [4.69, 9.17) is 15.0 Å². The molecule has 0 fully saturated rings. The second kappa shape index (κ2) is 5.71. The third kappa shape index (κ3) is 2.17. The first-order chi connectivity index (χ1) is 15.8. The van der Waals surface area contributed by atoms with E-state index in [2.05, 4.69) is 29.9 Å². The van der Waals surface area contributed by atoms with Gasteiger partial charge >= 0.3 is 0 Å². The molecule has 162 valence electrons. The molecule has 0 spiro atoms. The summed E-state index contributed by atoms with van der Waals surface area (Å²) in [5, 5.41) is 0. The largest absolute Gasteiger partial charge is 0.243 e. The first-order valence-electron chi connectivity index (χ1n) is 10.5. The van der Waals surface area contributed by atoms with Crippen molar-refractivity contribution < 1.29 is 0 Å². The Morgan fingerprint density at radius 1 is 0.364 bits per heavy atom. The van der Waals surface area contributed by atoms with Gasteiger partial charge in [0.15, 0.2) is 16.9 Å². The van der Waals surface area contributed by atoms with E-state index in [1.54, 1.807) is 0 Å². The average Bonchev–Trinajstić information content (AvgIpc) is 3.37. The first-order valence-corrected chi connectivity index (χ1v) is 10.5. The van der Waals surface area contributed by atoms with Crippen LogP contribution in [0.1, 0.15) is 34.6 Å². The molecule has 0 N–H and O–H groups in total. The van der Waals surface area contributed by atoms with Crippen LogP contribution in [0.4, 0.5) is 0 Å². The molecule has 0 atom stereocenters. The van der Waals surface area contributed by atoms with Crippen LogP contribution in [-0.4, -0.2) is 58.1 Å². The molecule has 0 radical (unpaired) electrons. The van der Waals surface area contributed by atoms with E-state index in [1.807, 2.05) is 54.7 Å². The Morgan fingerprint density at radius 3 is 0.909 bits per heavy atom. The summed E-state index contributed by atoms with van der Waals surface area (Å²) >= 11 is 0. The summed E-state index contributed by atoms with van der Waals surface area (Å²) < 4.78 is 5.90. The summed E-state index contributed by atoms with van der Waals surface area (Å²) in [6.45, 7) is 11.4. The van der Waals surface area contributed by atoms with E-state index in [0.29, 0.717) is 51.7 Å². The standard InChI is InChI=1S/C21H18N12/c1-7-13-16(25-10(4)22-7)28-19-31(13)20-29-17-14(8(2)23-11(5)26-17)33(20)21-30-18-15(32(19)21)9(3)24-12(6)27-18/h1-6H3. The van der Waals surface area contributed by atoms with Crippen molar-refractivity contribution in [2.75, 3.05) is 0 Å². The summed E-state index contributed by atoms with van der Waals surface area (Å²) in [4.78, 5) is 42.3. The minimum Gasteiger partial charge on any atom is -0.243 e. The number of hydrogen-bond acceptors (Lipinski definition) is 9. The second-order valence-corrected chi connectivity index (χ2v) is 8.33. The van der Waals surface area contributed by atoms with Gasteiger partial charge in [0.2, 0.25) is 17.3 Å². The maximum absolute atomic E-state index is 4.90. The van der Waals surface area contributed by atoms with Crippen molar-refractivity contribution in [3.63, 3.8) is 0 Å². The zero-order chi connectivity index (χ0) is 22.8. The van der Waals surface area contributed by atoms with E-state index in [-0.39, 0.29) is 0 Å². The molecule has 0 bridgehead atoms. The quantitative estimate of drug-likeness (QED) is 0.350. The van der Waals surface area contributed by atoms with Crippen LogP contribution in [0.15, 0.2) is 0 Å². The Balaban J connectivity index is 1.92. The van der Waals surface area contributed by atoms with E-state index < -0.39 is 0 Å². The van der Waals surface area contributed by atoms with Gasteiger partial charge in [-0.15, -0.1) is 0 Å². The van der Waals surface area contributed by atoms with Crippen LogP contribution in [0.2, 0.25) is 0 Å². The Kier molecular flexibility index (Phi) is 3.16. The van der Waals surface area contributed by atoms with E-state index in [1.165, 1.54) is 0 Å². The van der Waals surface area contributed by atoms with Crippen molar-refractivity contribution in [2.24, 2.45) is 0 Å². The van der Waals surface area contributed by atoms with Crippen molar-refractivity contribution in [1.29, 1.82) is 0 Å². The Labute approximate surface area is 185 Å². The number of imidazole rings is 3. The lowest BCUT2D eigenvalue weighted by molar-refractivity contribution is 0.992. The highest BCUT2D eigenvalue weighted by Crippen LogP contribution is 2.29. The van der Waals surface area contributed by atoms with Gasteiger partial charge < -0.3 is 0 Å². The smallest absolute Gasteiger partial charge is 0.227 e. The maximum Gasteiger partial charge on any atom is 0.227 e. The van der Waals surface area contributed by atoms with Crippen molar-refractivity contribution >= 4 is 50.8 Å². The van der Waals surface area contributed by atoms with Crippen LogP contribution in [0.25, 0.3) is 50.8 Å². The SMILES string of the molecule is Cc1nc(C)c2c(n1)nc1n2c2nc3nc(C)nc(C)c3n2c2nc3nc(C)nc(C)c3n12. The van der Waals surface area contributed by atoms with Crippen LogP contribution in [0, 0.1) is 41.5 Å². The molecule has 12 nitrogen and oxygen atoms in total. The van der Waals surface area contributed by atoms with Gasteiger partial charge in [-0.25, -0.2) is 43.1 Å². The molecule has 33 heavy (non-hydrogen) atoms. The Bertz CT molecular complexity index is 1730. The fraction of sp³-hybridized carbons (Fsp3) is 0.286. The molecule has 0 aliphatic carbocycles. The summed E-state index contributed by atoms with van der Waals surface area (Å²) in [5.41, 5.74) is 6.56. The second-order valence-electron chi connectivity index (χ2n) is 8.33. The lowest BCUT2D eigenvalue weighted by Crippen LogP contribution is -2.06. The molecule has 0 amide bonds. The van der Waals surface area contributed by atoms with Gasteiger partial charge in [0.05, 0.1) is 17.1 Å². The Hall–Kier alpha value is -4.35. The number of rotatable bonds is 0. The molecular formula is C21H18N12. The van der Waals surface area contributed by atoms with Crippen molar-refractivity contribution in [3.8, 4) is 0 Å².